The van der Waals surface area contributed by atoms with E-state index in [1.165, 1.54) is 11.1 Å². The minimum Gasteiger partial charge on any atom is -0.395 e. The van der Waals surface area contributed by atoms with E-state index in [0.717, 1.165) is 36.1 Å². The maximum absolute atomic E-state index is 13.6. The van der Waals surface area contributed by atoms with Gasteiger partial charge in [0.1, 0.15) is 0 Å². The van der Waals surface area contributed by atoms with Crippen LogP contribution in [0, 0.1) is 13.8 Å². The second kappa shape index (κ2) is 9.86. The number of hydrogen-bond donors (Lipinski definition) is 1. The highest BCUT2D eigenvalue weighted by Crippen LogP contribution is 2.43. The summed E-state index contributed by atoms with van der Waals surface area (Å²) in [6.07, 6.45) is 1.74. The normalized spacial score (nSPS) is 23.7. The molecular formula is C29H34N2O3S. The Labute approximate surface area is 209 Å². The minimum absolute atomic E-state index is 0.0194. The lowest BCUT2D eigenvalue weighted by Crippen LogP contribution is -2.67. The molecule has 2 aliphatic heterocycles. The standard InChI is InChI=1S/C29H34N2O3S/c1-21-8-7-10-25(18-21)23-12-14-24(15-13-23)29-26-19-30(16-5-6-17-31(26)27(29)20-32)35(33,34)28-11-4-3-9-22(28)2/h3-4,7-15,18,26-27,29,32H,5-6,16-17,19-20H2,1-2H3/t26-,27-,29+/m0/s1. The largest absolute Gasteiger partial charge is 0.395 e. The second-order valence-electron chi connectivity index (χ2n) is 9.91. The highest BCUT2D eigenvalue weighted by atomic mass is 32.2. The number of hydrogen-bond acceptors (Lipinski definition) is 4. The molecule has 3 atom stereocenters. The molecule has 0 aliphatic carbocycles. The average molecular weight is 491 g/mol. The van der Waals surface area contributed by atoms with Crippen molar-refractivity contribution in [3.8, 4) is 11.1 Å². The number of aryl methyl sites for hydroxylation is 2. The van der Waals surface area contributed by atoms with Gasteiger partial charge in [0.15, 0.2) is 0 Å². The van der Waals surface area contributed by atoms with Gasteiger partial charge in [0.05, 0.1) is 11.5 Å². The second-order valence-corrected chi connectivity index (χ2v) is 11.8. The van der Waals surface area contributed by atoms with Crippen molar-refractivity contribution in [3.63, 3.8) is 0 Å². The molecule has 2 saturated heterocycles. The number of benzene rings is 3. The van der Waals surface area contributed by atoms with Crippen molar-refractivity contribution in [2.75, 3.05) is 26.2 Å². The maximum Gasteiger partial charge on any atom is 0.243 e. The first-order valence-electron chi connectivity index (χ1n) is 12.5. The van der Waals surface area contributed by atoms with E-state index in [9.17, 15) is 13.5 Å². The van der Waals surface area contributed by atoms with E-state index in [2.05, 4.69) is 60.4 Å². The van der Waals surface area contributed by atoms with Gasteiger partial charge in [-0.15, -0.1) is 0 Å². The number of aliphatic hydroxyl groups excluding tert-OH is 1. The molecule has 0 radical (unpaired) electrons. The number of fused-ring (bicyclic) bond motifs is 1. The molecule has 0 saturated carbocycles. The van der Waals surface area contributed by atoms with E-state index in [-0.39, 0.29) is 24.6 Å². The molecule has 2 heterocycles. The summed E-state index contributed by atoms with van der Waals surface area (Å²) in [5.41, 5.74) is 5.51. The highest BCUT2D eigenvalue weighted by Gasteiger charge is 2.50. The first-order chi connectivity index (χ1) is 16.9. The Kier molecular flexibility index (Phi) is 6.82. The van der Waals surface area contributed by atoms with Crippen molar-refractivity contribution in [1.29, 1.82) is 0 Å². The van der Waals surface area contributed by atoms with E-state index in [1.54, 1.807) is 16.4 Å². The summed E-state index contributed by atoms with van der Waals surface area (Å²) >= 11 is 0. The molecule has 0 amide bonds. The molecule has 5 rings (SSSR count). The van der Waals surface area contributed by atoms with Crippen LogP contribution < -0.4 is 0 Å². The summed E-state index contributed by atoms with van der Waals surface area (Å²) < 4.78 is 28.9. The smallest absolute Gasteiger partial charge is 0.243 e. The third-order valence-corrected chi connectivity index (χ3v) is 9.72. The van der Waals surface area contributed by atoms with E-state index in [1.807, 2.05) is 19.1 Å². The van der Waals surface area contributed by atoms with Gasteiger partial charge in [-0.2, -0.15) is 4.31 Å². The van der Waals surface area contributed by atoms with Crippen LogP contribution in [0.3, 0.4) is 0 Å². The summed E-state index contributed by atoms with van der Waals surface area (Å²) in [6.45, 7) is 5.89. The van der Waals surface area contributed by atoms with Crippen LogP contribution in [0.4, 0.5) is 0 Å². The lowest BCUT2D eigenvalue weighted by atomic mass is 9.74. The molecule has 5 nitrogen and oxygen atoms in total. The van der Waals surface area contributed by atoms with E-state index in [4.69, 9.17) is 0 Å². The van der Waals surface area contributed by atoms with Crippen LogP contribution in [-0.4, -0.2) is 61.1 Å². The molecule has 1 N–H and O–H groups in total. The number of nitrogens with zero attached hydrogens (tertiary/aromatic N) is 2. The monoisotopic (exact) mass is 490 g/mol. The predicted octanol–water partition coefficient (Wildman–Crippen LogP) is 4.58. The Hall–Kier alpha value is -2.51. The summed E-state index contributed by atoms with van der Waals surface area (Å²) in [6, 6.07) is 24.4. The first kappa shape index (κ1) is 24.2. The highest BCUT2D eigenvalue weighted by molar-refractivity contribution is 7.89. The lowest BCUT2D eigenvalue weighted by Gasteiger charge is -2.57. The first-order valence-corrected chi connectivity index (χ1v) is 13.9. The van der Waals surface area contributed by atoms with E-state index in [0.29, 0.717) is 18.0 Å². The van der Waals surface area contributed by atoms with Crippen LogP contribution in [0.25, 0.3) is 11.1 Å². The zero-order valence-corrected chi connectivity index (χ0v) is 21.3. The van der Waals surface area contributed by atoms with E-state index < -0.39 is 10.0 Å². The molecule has 3 aromatic rings. The topological polar surface area (TPSA) is 60.9 Å². The Balaban J connectivity index is 1.43. The summed E-state index contributed by atoms with van der Waals surface area (Å²) in [4.78, 5) is 2.71. The Morgan fingerprint density at radius 1 is 0.886 bits per heavy atom. The van der Waals surface area contributed by atoms with Gasteiger partial charge in [-0.05, 0) is 61.6 Å². The Morgan fingerprint density at radius 2 is 1.63 bits per heavy atom. The van der Waals surface area contributed by atoms with E-state index >= 15 is 0 Å². The van der Waals surface area contributed by atoms with Gasteiger partial charge in [-0.3, -0.25) is 4.90 Å². The van der Waals surface area contributed by atoms with Crippen molar-refractivity contribution in [2.24, 2.45) is 0 Å². The quantitative estimate of drug-likeness (QED) is 0.569. The van der Waals surface area contributed by atoms with Crippen molar-refractivity contribution < 1.29 is 13.5 Å². The molecule has 184 valence electrons. The Morgan fingerprint density at radius 3 is 2.34 bits per heavy atom. The fourth-order valence-electron chi connectivity index (χ4n) is 5.83. The average Bonchev–Trinajstić information content (AvgIpc) is 2.83. The van der Waals surface area contributed by atoms with Crippen LogP contribution in [0.1, 0.15) is 35.4 Å². The summed E-state index contributed by atoms with van der Waals surface area (Å²) in [5.74, 6) is 0.0965. The van der Waals surface area contributed by atoms with Crippen LogP contribution in [0.2, 0.25) is 0 Å². The van der Waals surface area contributed by atoms with Crippen LogP contribution in [0.15, 0.2) is 77.7 Å². The third kappa shape index (κ3) is 4.56. The SMILES string of the molecule is Cc1cccc(-c2ccc([C@H]3[C@H](CO)N4CCCCN(S(=O)(=O)c5ccccc5C)C[C@@H]34)cc2)c1. The number of rotatable bonds is 5. The van der Waals surface area contributed by atoms with Gasteiger partial charge in [0.25, 0.3) is 0 Å². The molecule has 35 heavy (non-hydrogen) atoms. The van der Waals surface area contributed by atoms with Crippen LogP contribution in [-0.2, 0) is 10.0 Å². The molecular weight excluding hydrogens is 456 g/mol. The number of sulfonamides is 1. The molecule has 0 aromatic heterocycles. The molecule has 0 unspecified atom stereocenters. The van der Waals surface area contributed by atoms with Gasteiger partial charge < -0.3 is 5.11 Å². The molecule has 2 aliphatic rings. The molecule has 0 spiro atoms. The summed E-state index contributed by atoms with van der Waals surface area (Å²) in [5, 5.41) is 10.2. The van der Waals surface area contributed by atoms with Crippen LogP contribution in [0.5, 0.6) is 0 Å². The van der Waals surface area contributed by atoms with Crippen molar-refractivity contribution in [3.05, 3.63) is 89.5 Å². The molecule has 2 fully saturated rings. The molecule has 3 aromatic carbocycles. The molecule has 6 heteroatoms. The predicted molar refractivity (Wildman–Crippen MR) is 140 cm³/mol. The fourth-order valence-corrected chi connectivity index (χ4v) is 7.56. The van der Waals surface area contributed by atoms with Gasteiger partial charge in [-0.25, -0.2) is 8.42 Å². The zero-order chi connectivity index (χ0) is 24.6. The van der Waals surface area contributed by atoms with Crippen molar-refractivity contribution >= 4 is 10.0 Å². The minimum atomic E-state index is -3.59. The van der Waals surface area contributed by atoms with Gasteiger partial charge in [0.2, 0.25) is 10.0 Å². The Bertz CT molecular complexity index is 1290. The van der Waals surface area contributed by atoms with Crippen LogP contribution >= 0.6 is 0 Å². The molecule has 0 bridgehead atoms. The summed E-state index contributed by atoms with van der Waals surface area (Å²) in [7, 11) is -3.59. The van der Waals surface area contributed by atoms with Gasteiger partial charge >= 0.3 is 0 Å². The number of aliphatic hydroxyl groups is 1. The van der Waals surface area contributed by atoms with Crippen molar-refractivity contribution in [2.45, 2.75) is 49.6 Å². The van der Waals surface area contributed by atoms with Gasteiger partial charge in [0, 0.05) is 31.1 Å². The lowest BCUT2D eigenvalue weighted by molar-refractivity contribution is -0.0553. The maximum atomic E-state index is 13.6. The third-order valence-electron chi connectivity index (χ3n) is 7.69. The fraction of sp³-hybridized carbons (Fsp3) is 0.379. The van der Waals surface area contributed by atoms with Gasteiger partial charge in [-0.1, -0.05) is 72.3 Å². The zero-order valence-electron chi connectivity index (χ0n) is 20.5. The van der Waals surface area contributed by atoms with Crippen molar-refractivity contribution in [1.82, 2.24) is 9.21 Å².